The topological polar surface area (TPSA) is 37.6 Å². The molecule has 0 unspecified atom stereocenters. The fourth-order valence-electron chi connectivity index (χ4n) is 3.35. The lowest BCUT2D eigenvalue weighted by molar-refractivity contribution is 0.683. The van der Waals surface area contributed by atoms with E-state index in [4.69, 9.17) is 0 Å². The van der Waals surface area contributed by atoms with Crippen molar-refractivity contribution in [2.45, 2.75) is 33.2 Å². The van der Waals surface area contributed by atoms with Crippen molar-refractivity contribution in [2.24, 2.45) is 0 Å². The summed E-state index contributed by atoms with van der Waals surface area (Å²) in [6, 6.07) is 8.31. The van der Waals surface area contributed by atoms with Gasteiger partial charge in [-0.2, -0.15) is 0 Å². The van der Waals surface area contributed by atoms with Gasteiger partial charge in [0.25, 0.3) is 5.56 Å². The van der Waals surface area contributed by atoms with Gasteiger partial charge in [-0.3, -0.25) is 9.20 Å². The maximum Gasteiger partial charge on any atom is 0.259 e. The van der Waals surface area contributed by atoms with Gasteiger partial charge in [-0.05, 0) is 38.3 Å². The van der Waals surface area contributed by atoms with Crippen LogP contribution in [0.15, 0.2) is 34.4 Å². The lowest BCUT2D eigenvalue weighted by Crippen LogP contribution is -2.30. The van der Waals surface area contributed by atoms with E-state index in [-0.39, 0.29) is 5.56 Å². The lowest BCUT2D eigenvalue weighted by Gasteiger charge is -2.31. The number of hydrogen-bond donors (Lipinski definition) is 0. The van der Waals surface area contributed by atoms with Crippen LogP contribution in [-0.2, 0) is 13.0 Å². The van der Waals surface area contributed by atoms with Gasteiger partial charge in [0.2, 0.25) is 0 Å². The van der Waals surface area contributed by atoms with Crippen LogP contribution >= 0.6 is 11.3 Å². The molecule has 1 aliphatic heterocycles. The minimum atomic E-state index is 0.0184. The summed E-state index contributed by atoms with van der Waals surface area (Å²) >= 11 is 1.53. The summed E-state index contributed by atoms with van der Waals surface area (Å²) in [7, 11) is 0. The Kier molecular flexibility index (Phi) is 3.45. The van der Waals surface area contributed by atoms with E-state index in [0.717, 1.165) is 35.7 Å². The van der Waals surface area contributed by atoms with Crippen LogP contribution in [0.25, 0.3) is 4.96 Å². The SMILES string of the molecule is Cc1ccc2c(c1)CCCN2Cc1cc(=O)n2c(C)csc2n1. The molecule has 2 aromatic heterocycles. The van der Waals surface area contributed by atoms with E-state index in [1.807, 2.05) is 12.3 Å². The van der Waals surface area contributed by atoms with Gasteiger partial charge >= 0.3 is 0 Å². The molecule has 0 aliphatic carbocycles. The Morgan fingerprint density at radius 2 is 2.13 bits per heavy atom. The second kappa shape index (κ2) is 5.49. The predicted molar refractivity (Wildman–Crippen MR) is 94.6 cm³/mol. The lowest BCUT2D eigenvalue weighted by atomic mass is 9.99. The van der Waals surface area contributed by atoms with Gasteiger partial charge in [0.1, 0.15) is 0 Å². The van der Waals surface area contributed by atoms with E-state index in [2.05, 4.69) is 35.0 Å². The number of aromatic nitrogens is 2. The summed E-state index contributed by atoms with van der Waals surface area (Å²) in [5.41, 5.74) is 5.81. The molecular weight excluding hydrogens is 306 g/mol. The van der Waals surface area contributed by atoms with Gasteiger partial charge in [-0.1, -0.05) is 17.7 Å². The van der Waals surface area contributed by atoms with Gasteiger partial charge < -0.3 is 4.90 Å². The fraction of sp³-hybridized carbons (Fsp3) is 0.333. The second-order valence-electron chi connectivity index (χ2n) is 6.24. The summed E-state index contributed by atoms with van der Waals surface area (Å²) in [4.78, 5) is 20.1. The molecule has 0 atom stereocenters. The first-order chi connectivity index (χ1) is 11.1. The Hall–Kier alpha value is -2.14. The third-order valence-corrected chi connectivity index (χ3v) is 5.37. The van der Waals surface area contributed by atoms with Crippen LogP contribution in [0, 0.1) is 13.8 Å². The molecule has 0 bridgehead atoms. The molecule has 0 N–H and O–H groups in total. The first-order valence-corrected chi connectivity index (χ1v) is 8.81. The number of aryl methyl sites for hydroxylation is 3. The van der Waals surface area contributed by atoms with E-state index in [1.54, 1.807) is 10.5 Å². The molecule has 23 heavy (non-hydrogen) atoms. The smallest absolute Gasteiger partial charge is 0.259 e. The van der Waals surface area contributed by atoms with Gasteiger partial charge in [-0.25, -0.2) is 4.98 Å². The molecule has 4 rings (SSSR count). The van der Waals surface area contributed by atoms with Gasteiger partial charge in [0.15, 0.2) is 4.96 Å². The van der Waals surface area contributed by atoms with E-state index in [0.29, 0.717) is 6.54 Å². The van der Waals surface area contributed by atoms with E-state index < -0.39 is 0 Å². The highest BCUT2D eigenvalue weighted by atomic mass is 32.1. The maximum absolute atomic E-state index is 12.3. The van der Waals surface area contributed by atoms with Crippen molar-refractivity contribution in [1.82, 2.24) is 9.38 Å². The van der Waals surface area contributed by atoms with Crippen molar-refractivity contribution in [3.05, 3.63) is 62.5 Å². The largest absolute Gasteiger partial charge is 0.365 e. The molecule has 0 saturated carbocycles. The van der Waals surface area contributed by atoms with Crippen LogP contribution in [0.4, 0.5) is 5.69 Å². The van der Waals surface area contributed by atoms with Crippen LogP contribution in [0.2, 0.25) is 0 Å². The molecule has 0 amide bonds. The molecule has 0 spiro atoms. The Morgan fingerprint density at radius 1 is 1.26 bits per heavy atom. The first-order valence-electron chi connectivity index (χ1n) is 7.93. The fourth-order valence-corrected chi connectivity index (χ4v) is 4.24. The minimum absolute atomic E-state index is 0.0184. The summed E-state index contributed by atoms with van der Waals surface area (Å²) in [6.07, 6.45) is 2.28. The quantitative estimate of drug-likeness (QED) is 0.725. The summed E-state index contributed by atoms with van der Waals surface area (Å²) < 4.78 is 1.68. The molecule has 3 heterocycles. The highest BCUT2D eigenvalue weighted by molar-refractivity contribution is 7.15. The predicted octanol–water partition coefficient (Wildman–Crippen LogP) is 3.33. The summed E-state index contributed by atoms with van der Waals surface area (Å²) in [5, 5.41) is 1.98. The average molecular weight is 325 g/mol. The monoisotopic (exact) mass is 325 g/mol. The molecule has 1 aromatic carbocycles. The van der Waals surface area contributed by atoms with E-state index in [9.17, 15) is 4.79 Å². The van der Waals surface area contributed by atoms with Crippen LogP contribution < -0.4 is 10.5 Å². The highest BCUT2D eigenvalue weighted by Gasteiger charge is 2.18. The van der Waals surface area contributed by atoms with Crippen molar-refractivity contribution >= 4 is 22.0 Å². The van der Waals surface area contributed by atoms with Crippen molar-refractivity contribution < 1.29 is 0 Å². The Labute approximate surface area is 139 Å². The van der Waals surface area contributed by atoms with E-state index in [1.165, 1.54) is 28.2 Å². The van der Waals surface area contributed by atoms with Crippen LogP contribution in [0.3, 0.4) is 0 Å². The third kappa shape index (κ3) is 2.55. The number of anilines is 1. The van der Waals surface area contributed by atoms with Crippen molar-refractivity contribution in [1.29, 1.82) is 0 Å². The second-order valence-corrected chi connectivity index (χ2v) is 7.07. The zero-order valence-electron chi connectivity index (χ0n) is 13.4. The summed E-state index contributed by atoms with van der Waals surface area (Å²) in [5.74, 6) is 0. The van der Waals surface area contributed by atoms with Crippen LogP contribution in [0.1, 0.15) is 28.9 Å². The molecule has 0 radical (unpaired) electrons. The molecule has 4 nitrogen and oxygen atoms in total. The Morgan fingerprint density at radius 3 is 3.00 bits per heavy atom. The molecular formula is C18H19N3OS. The van der Waals surface area contributed by atoms with Crippen LogP contribution in [0.5, 0.6) is 0 Å². The van der Waals surface area contributed by atoms with Crippen molar-refractivity contribution in [3.63, 3.8) is 0 Å². The molecule has 118 valence electrons. The van der Waals surface area contributed by atoms with E-state index >= 15 is 0 Å². The normalized spacial score (nSPS) is 14.3. The zero-order chi connectivity index (χ0) is 16.0. The number of nitrogens with zero attached hydrogens (tertiary/aromatic N) is 3. The molecule has 3 aromatic rings. The highest BCUT2D eigenvalue weighted by Crippen LogP contribution is 2.29. The number of hydrogen-bond acceptors (Lipinski definition) is 4. The zero-order valence-corrected chi connectivity index (χ0v) is 14.2. The number of thiazole rings is 1. The van der Waals surface area contributed by atoms with Gasteiger partial charge in [0, 0.05) is 29.4 Å². The number of rotatable bonds is 2. The van der Waals surface area contributed by atoms with Crippen LogP contribution in [-0.4, -0.2) is 15.9 Å². The molecule has 0 fully saturated rings. The molecule has 5 heteroatoms. The average Bonchev–Trinajstić information content (AvgIpc) is 2.89. The van der Waals surface area contributed by atoms with Crippen molar-refractivity contribution in [2.75, 3.05) is 11.4 Å². The first kappa shape index (κ1) is 14.5. The van der Waals surface area contributed by atoms with Crippen molar-refractivity contribution in [3.8, 4) is 0 Å². The Bertz CT molecular complexity index is 941. The van der Waals surface area contributed by atoms with Gasteiger partial charge in [-0.15, -0.1) is 11.3 Å². The minimum Gasteiger partial charge on any atom is -0.365 e. The molecule has 0 saturated heterocycles. The van der Waals surface area contributed by atoms with Gasteiger partial charge in [0.05, 0.1) is 12.2 Å². The standard InChI is InChI=1S/C18H19N3OS/c1-12-5-6-16-14(8-12)4-3-7-20(16)10-15-9-17(22)21-13(2)11-23-18(21)19-15/h5-6,8-9,11H,3-4,7,10H2,1-2H3. The number of benzene rings is 1. The maximum atomic E-state index is 12.3. The Balaban J connectivity index is 1.71. The number of fused-ring (bicyclic) bond motifs is 2. The third-order valence-electron chi connectivity index (χ3n) is 4.43. The summed E-state index contributed by atoms with van der Waals surface area (Å²) in [6.45, 7) is 5.78. The molecule has 1 aliphatic rings.